The van der Waals surface area contributed by atoms with E-state index >= 15 is 0 Å². The molecule has 1 saturated heterocycles. The summed E-state index contributed by atoms with van der Waals surface area (Å²) in [7, 11) is 1.64. The van der Waals surface area contributed by atoms with Gasteiger partial charge in [0.2, 0.25) is 5.91 Å². The van der Waals surface area contributed by atoms with E-state index in [1.807, 2.05) is 36.5 Å². The number of rotatable bonds is 3. The molecule has 0 radical (unpaired) electrons. The summed E-state index contributed by atoms with van der Waals surface area (Å²) in [5, 5.41) is 0. The van der Waals surface area contributed by atoms with Crippen molar-refractivity contribution in [2.45, 2.75) is 6.42 Å². The van der Waals surface area contributed by atoms with Gasteiger partial charge in [-0.15, -0.1) is 0 Å². The van der Waals surface area contributed by atoms with E-state index in [4.69, 9.17) is 4.74 Å². The van der Waals surface area contributed by atoms with Crippen LogP contribution in [-0.2, 0) is 4.79 Å². The molecule has 3 heteroatoms. The Morgan fingerprint density at radius 3 is 2.93 bits per heavy atom. The van der Waals surface area contributed by atoms with Gasteiger partial charge in [-0.05, 0) is 23.8 Å². The van der Waals surface area contributed by atoms with E-state index in [-0.39, 0.29) is 5.91 Å². The van der Waals surface area contributed by atoms with Crippen LogP contribution in [-0.4, -0.2) is 24.5 Å². The lowest BCUT2D eigenvalue weighted by Gasteiger charge is -2.26. The Bertz CT molecular complexity index is 398. The van der Waals surface area contributed by atoms with E-state index in [9.17, 15) is 4.79 Å². The highest BCUT2D eigenvalue weighted by Gasteiger charge is 2.20. The Morgan fingerprint density at radius 1 is 1.47 bits per heavy atom. The average Bonchev–Trinajstić information content (AvgIpc) is 2.27. The van der Waals surface area contributed by atoms with Crippen molar-refractivity contribution in [3.63, 3.8) is 0 Å². The van der Waals surface area contributed by atoms with E-state index in [2.05, 4.69) is 0 Å². The van der Waals surface area contributed by atoms with E-state index in [0.717, 1.165) is 17.9 Å². The zero-order valence-corrected chi connectivity index (χ0v) is 8.64. The second kappa shape index (κ2) is 4.17. The molecule has 0 N–H and O–H groups in total. The maximum atomic E-state index is 11.0. The first-order chi connectivity index (χ1) is 7.29. The van der Waals surface area contributed by atoms with Crippen LogP contribution < -0.4 is 4.74 Å². The third kappa shape index (κ3) is 2.18. The van der Waals surface area contributed by atoms with Crippen molar-refractivity contribution in [3.8, 4) is 5.75 Å². The third-order valence-electron chi connectivity index (χ3n) is 2.43. The van der Waals surface area contributed by atoms with Gasteiger partial charge in [-0.25, -0.2) is 0 Å². The molecule has 2 rings (SSSR count). The van der Waals surface area contributed by atoms with Crippen LogP contribution in [0.2, 0.25) is 0 Å². The number of nitrogens with zero attached hydrogens (tertiary/aromatic N) is 1. The van der Waals surface area contributed by atoms with Gasteiger partial charge in [-0.1, -0.05) is 12.1 Å². The lowest BCUT2D eigenvalue weighted by Crippen LogP contribution is -2.38. The Morgan fingerprint density at radius 2 is 2.33 bits per heavy atom. The highest BCUT2D eigenvalue weighted by Crippen LogP contribution is 2.15. The molecule has 1 heterocycles. The van der Waals surface area contributed by atoms with Crippen molar-refractivity contribution in [2.24, 2.45) is 0 Å². The van der Waals surface area contributed by atoms with E-state index in [0.29, 0.717) is 6.42 Å². The summed E-state index contributed by atoms with van der Waals surface area (Å²) in [4.78, 5) is 12.7. The van der Waals surface area contributed by atoms with E-state index in [1.54, 1.807) is 12.0 Å². The molecule has 1 fully saturated rings. The van der Waals surface area contributed by atoms with Gasteiger partial charge in [-0.3, -0.25) is 4.79 Å². The van der Waals surface area contributed by atoms with Crippen LogP contribution in [0.1, 0.15) is 12.0 Å². The molecule has 3 nitrogen and oxygen atoms in total. The van der Waals surface area contributed by atoms with Gasteiger partial charge in [0.25, 0.3) is 0 Å². The molecule has 15 heavy (non-hydrogen) atoms. The molecule has 1 aliphatic rings. The first kappa shape index (κ1) is 9.77. The lowest BCUT2D eigenvalue weighted by atomic mass is 10.2. The minimum atomic E-state index is 0.189. The SMILES string of the molecule is COc1cccc(C=CN2CCC2=O)c1. The molecule has 0 atom stereocenters. The first-order valence-electron chi connectivity index (χ1n) is 4.91. The predicted octanol–water partition coefficient (Wildman–Crippen LogP) is 1.90. The van der Waals surface area contributed by atoms with Crippen molar-refractivity contribution in [1.82, 2.24) is 4.90 Å². The molecule has 0 spiro atoms. The summed E-state index contributed by atoms with van der Waals surface area (Å²) in [6.45, 7) is 0.833. The molecule has 0 aliphatic carbocycles. The largest absolute Gasteiger partial charge is 0.497 e. The van der Waals surface area contributed by atoms with Gasteiger partial charge in [0.1, 0.15) is 5.75 Å². The highest BCUT2D eigenvalue weighted by molar-refractivity contribution is 5.83. The molecule has 1 amide bonds. The van der Waals surface area contributed by atoms with Crippen molar-refractivity contribution >= 4 is 12.0 Å². The molecule has 1 aromatic rings. The van der Waals surface area contributed by atoms with Gasteiger partial charge in [0.05, 0.1) is 7.11 Å². The van der Waals surface area contributed by atoms with E-state index in [1.165, 1.54) is 0 Å². The van der Waals surface area contributed by atoms with Crippen LogP contribution in [0.5, 0.6) is 5.75 Å². The second-order valence-electron chi connectivity index (χ2n) is 3.43. The molecular formula is C12H13NO2. The molecule has 78 valence electrons. The summed E-state index contributed by atoms with van der Waals surface area (Å²) in [6, 6.07) is 7.73. The number of hydrogen-bond acceptors (Lipinski definition) is 2. The summed E-state index contributed by atoms with van der Waals surface area (Å²) in [5.74, 6) is 1.02. The molecule has 0 saturated carbocycles. The van der Waals surface area contributed by atoms with Gasteiger partial charge in [-0.2, -0.15) is 0 Å². The Balaban J connectivity index is 2.06. The maximum Gasteiger partial charge on any atom is 0.228 e. The van der Waals surface area contributed by atoms with Crippen molar-refractivity contribution in [1.29, 1.82) is 0 Å². The maximum absolute atomic E-state index is 11.0. The normalized spacial score (nSPS) is 15.5. The fraction of sp³-hybridized carbons (Fsp3) is 0.250. The average molecular weight is 203 g/mol. The monoisotopic (exact) mass is 203 g/mol. The summed E-state index contributed by atoms with van der Waals surface area (Å²) in [5.41, 5.74) is 1.04. The fourth-order valence-electron chi connectivity index (χ4n) is 1.41. The van der Waals surface area contributed by atoms with Gasteiger partial charge >= 0.3 is 0 Å². The highest BCUT2D eigenvalue weighted by atomic mass is 16.5. The minimum absolute atomic E-state index is 0.189. The molecule has 1 aromatic carbocycles. The molecule has 1 aliphatic heterocycles. The van der Waals surface area contributed by atoms with E-state index < -0.39 is 0 Å². The molecule has 0 bridgehead atoms. The number of benzene rings is 1. The Kier molecular flexibility index (Phi) is 2.72. The number of carbonyl (C=O) groups is 1. The van der Waals surface area contributed by atoms with Crippen LogP contribution in [0.25, 0.3) is 6.08 Å². The molecular weight excluding hydrogens is 190 g/mol. The number of amides is 1. The van der Waals surface area contributed by atoms with Crippen molar-refractivity contribution in [2.75, 3.05) is 13.7 Å². The second-order valence-corrected chi connectivity index (χ2v) is 3.43. The summed E-state index contributed by atoms with van der Waals surface area (Å²) < 4.78 is 5.11. The summed E-state index contributed by atoms with van der Waals surface area (Å²) >= 11 is 0. The third-order valence-corrected chi connectivity index (χ3v) is 2.43. The number of hydrogen-bond donors (Lipinski definition) is 0. The lowest BCUT2D eigenvalue weighted by molar-refractivity contribution is -0.135. The number of likely N-dealkylation sites (tertiary alicyclic amines) is 1. The smallest absolute Gasteiger partial charge is 0.228 e. The van der Waals surface area contributed by atoms with Gasteiger partial charge in [0, 0.05) is 19.2 Å². The predicted molar refractivity (Wildman–Crippen MR) is 58.4 cm³/mol. The topological polar surface area (TPSA) is 29.5 Å². The fourth-order valence-corrected chi connectivity index (χ4v) is 1.41. The van der Waals surface area contributed by atoms with Gasteiger partial charge in [0.15, 0.2) is 0 Å². The van der Waals surface area contributed by atoms with Crippen molar-refractivity contribution in [3.05, 3.63) is 36.0 Å². The van der Waals surface area contributed by atoms with Crippen LogP contribution in [0.3, 0.4) is 0 Å². The number of ether oxygens (including phenoxy) is 1. The quantitative estimate of drug-likeness (QED) is 0.702. The number of β-lactam (4-membered cyclic amide) rings is 1. The van der Waals surface area contributed by atoms with Crippen LogP contribution in [0.4, 0.5) is 0 Å². The Hall–Kier alpha value is -1.77. The first-order valence-corrected chi connectivity index (χ1v) is 4.91. The zero-order valence-electron chi connectivity index (χ0n) is 8.64. The number of carbonyl (C=O) groups excluding carboxylic acids is 1. The Labute approximate surface area is 89.0 Å². The summed E-state index contributed by atoms with van der Waals surface area (Å²) in [6.07, 6.45) is 4.41. The van der Waals surface area contributed by atoms with Gasteiger partial charge < -0.3 is 9.64 Å². The van der Waals surface area contributed by atoms with Crippen LogP contribution in [0.15, 0.2) is 30.5 Å². The zero-order chi connectivity index (χ0) is 10.7. The molecule has 0 aromatic heterocycles. The number of methoxy groups -OCH3 is 1. The minimum Gasteiger partial charge on any atom is -0.497 e. The molecule has 0 unspecified atom stereocenters. The van der Waals surface area contributed by atoms with Crippen molar-refractivity contribution < 1.29 is 9.53 Å². The van der Waals surface area contributed by atoms with Crippen LogP contribution >= 0.6 is 0 Å². The standard InChI is InChI=1S/C12H13NO2/c1-15-11-4-2-3-10(9-11)5-7-13-8-6-12(13)14/h2-5,7,9H,6,8H2,1H3. The van der Waals surface area contributed by atoms with Crippen LogP contribution in [0, 0.1) is 0 Å².